The number of hydrogen-bond acceptors (Lipinski definition) is 4. The average molecular weight is 410 g/mol. The van der Waals surface area contributed by atoms with Gasteiger partial charge in [0.15, 0.2) is 0 Å². The number of carbonyl (C=O) groups excluding carboxylic acids is 1. The second-order valence-electron chi connectivity index (χ2n) is 8.01. The minimum absolute atomic E-state index is 0.0120. The molecule has 0 bridgehead atoms. The van der Waals surface area contributed by atoms with E-state index in [-0.39, 0.29) is 5.91 Å². The molecule has 5 rings (SSSR count). The Balaban J connectivity index is 1.24. The number of amides is 1. The predicted octanol–water partition coefficient (Wildman–Crippen LogP) is 3.85. The van der Waals surface area contributed by atoms with Crippen molar-refractivity contribution in [1.29, 1.82) is 5.26 Å². The molecule has 7 heteroatoms. The van der Waals surface area contributed by atoms with Gasteiger partial charge in [0.2, 0.25) is 0 Å². The Labute approximate surface area is 179 Å². The van der Waals surface area contributed by atoms with Crippen molar-refractivity contribution in [1.82, 2.24) is 24.6 Å². The molecule has 1 amide bonds. The van der Waals surface area contributed by atoms with Crippen LogP contribution < -0.4 is 0 Å². The third kappa shape index (κ3) is 3.80. The quantitative estimate of drug-likeness (QED) is 0.553. The van der Waals surface area contributed by atoms with Crippen LogP contribution >= 0.6 is 0 Å². The molecule has 0 atom stereocenters. The zero-order valence-corrected chi connectivity index (χ0v) is 17.0. The summed E-state index contributed by atoms with van der Waals surface area (Å²) < 4.78 is 2.26. The van der Waals surface area contributed by atoms with E-state index in [9.17, 15) is 4.79 Å². The molecular weight excluding hydrogens is 388 g/mol. The lowest BCUT2D eigenvalue weighted by Gasteiger charge is -2.32. The van der Waals surface area contributed by atoms with Gasteiger partial charge in [-0.15, -0.1) is 0 Å². The van der Waals surface area contributed by atoms with E-state index in [4.69, 9.17) is 5.26 Å². The lowest BCUT2D eigenvalue weighted by atomic mass is 9.96. The van der Waals surface area contributed by atoms with Crippen molar-refractivity contribution in [3.8, 4) is 17.3 Å². The molecule has 31 heavy (non-hydrogen) atoms. The topological polar surface area (TPSA) is 90.6 Å². The summed E-state index contributed by atoms with van der Waals surface area (Å²) in [6.07, 6.45) is 9.59. The number of nitriles is 1. The zero-order valence-electron chi connectivity index (χ0n) is 17.0. The van der Waals surface area contributed by atoms with E-state index < -0.39 is 0 Å². The Bertz CT molecular complexity index is 1260. The van der Waals surface area contributed by atoms with E-state index in [1.807, 2.05) is 17.3 Å². The maximum absolute atomic E-state index is 12.8. The van der Waals surface area contributed by atoms with Crippen molar-refractivity contribution in [2.75, 3.05) is 13.1 Å². The van der Waals surface area contributed by atoms with Crippen LogP contribution in [0.4, 0.5) is 0 Å². The Morgan fingerprint density at radius 2 is 2.06 bits per heavy atom. The Kier molecular flexibility index (Phi) is 4.97. The highest BCUT2D eigenvalue weighted by atomic mass is 16.2. The Morgan fingerprint density at radius 3 is 2.84 bits per heavy atom. The highest BCUT2D eigenvalue weighted by Gasteiger charge is 2.24. The first-order valence-corrected chi connectivity index (χ1v) is 10.4. The molecule has 0 radical (unpaired) electrons. The van der Waals surface area contributed by atoms with Crippen LogP contribution in [-0.2, 0) is 6.54 Å². The second kappa shape index (κ2) is 8.07. The van der Waals surface area contributed by atoms with Crippen LogP contribution in [0, 0.1) is 17.2 Å². The molecule has 1 saturated heterocycles. The molecule has 4 heterocycles. The maximum atomic E-state index is 12.8. The average Bonchev–Trinajstić information content (AvgIpc) is 3.49. The number of H-pyrrole nitrogens is 1. The minimum atomic E-state index is 0.0120. The van der Waals surface area contributed by atoms with Crippen LogP contribution in [0.25, 0.3) is 22.2 Å². The molecule has 0 unspecified atom stereocenters. The number of rotatable bonds is 4. The number of aromatic amines is 1. The number of carbonyl (C=O) groups is 1. The SMILES string of the molecule is N#Cc1cccc(C(=O)N2CCC(Cn3ccc4cc(-c5cn[nH]c5)ncc43)CC2)c1. The minimum Gasteiger partial charge on any atom is -0.346 e. The van der Waals surface area contributed by atoms with Gasteiger partial charge in [-0.1, -0.05) is 6.07 Å². The number of piperidine rings is 1. The largest absolute Gasteiger partial charge is 0.346 e. The smallest absolute Gasteiger partial charge is 0.253 e. The van der Waals surface area contributed by atoms with Crippen molar-refractivity contribution >= 4 is 16.8 Å². The lowest BCUT2D eigenvalue weighted by molar-refractivity contribution is 0.0683. The summed E-state index contributed by atoms with van der Waals surface area (Å²) in [5.41, 5.74) is 4.12. The molecule has 1 aliphatic rings. The molecule has 154 valence electrons. The number of aromatic nitrogens is 4. The fourth-order valence-electron chi connectivity index (χ4n) is 4.30. The summed E-state index contributed by atoms with van der Waals surface area (Å²) in [4.78, 5) is 19.3. The van der Waals surface area contributed by atoms with Crippen molar-refractivity contribution in [2.24, 2.45) is 5.92 Å². The normalized spacial score (nSPS) is 14.6. The number of pyridine rings is 1. The molecule has 1 aromatic carbocycles. The van der Waals surface area contributed by atoms with Crippen molar-refractivity contribution in [2.45, 2.75) is 19.4 Å². The Hall–Kier alpha value is -3.92. The van der Waals surface area contributed by atoms with Gasteiger partial charge >= 0.3 is 0 Å². The summed E-state index contributed by atoms with van der Waals surface area (Å²) in [5.74, 6) is 0.525. The van der Waals surface area contributed by atoms with Crippen LogP contribution in [0.1, 0.15) is 28.8 Å². The van der Waals surface area contributed by atoms with Crippen LogP contribution in [-0.4, -0.2) is 43.6 Å². The summed E-state index contributed by atoms with van der Waals surface area (Å²) in [5, 5.41) is 17.0. The number of fused-ring (bicyclic) bond motifs is 1. The van der Waals surface area contributed by atoms with Gasteiger partial charge in [0.05, 0.1) is 35.2 Å². The maximum Gasteiger partial charge on any atom is 0.253 e. The van der Waals surface area contributed by atoms with Gasteiger partial charge in [0.25, 0.3) is 5.91 Å². The monoisotopic (exact) mass is 410 g/mol. The molecule has 1 aliphatic heterocycles. The molecule has 0 aliphatic carbocycles. The summed E-state index contributed by atoms with van der Waals surface area (Å²) in [6.45, 7) is 2.40. The number of likely N-dealkylation sites (tertiary alicyclic amines) is 1. The first kappa shape index (κ1) is 19.1. The number of nitrogens with one attached hydrogen (secondary N) is 1. The van der Waals surface area contributed by atoms with E-state index in [0.717, 1.165) is 54.6 Å². The summed E-state index contributed by atoms with van der Waals surface area (Å²) in [7, 11) is 0. The van der Waals surface area contributed by atoms with E-state index in [1.165, 1.54) is 0 Å². The molecule has 3 aromatic heterocycles. The van der Waals surface area contributed by atoms with Crippen LogP contribution in [0.2, 0.25) is 0 Å². The van der Waals surface area contributed by atoms with Gasteiger partial charge in [-0.2, -0.15) is 10.4 Å². The predicted molar refractivity (Wildman–Crippen MR) is 117 cm³/mol. The van der Waals surface area contributed by atoms with E-state index in [2.05, 4.69) is 44.1 Å². The molecule has 4 aromatic rings. The van der Waals surface area contributed by atoms with Gasteiger partial charge in [-0.05, 0) is 49.1 Å². The van der Waals surface area contributed by atoms with Gasteiger partial charge in [-0.25, -0.2) is 0 Å². The molecular formula is C24H22N6O. The first-order chi connectivity index (χ1) is 15.2. The van der Waals surface area contributed by atoms with E-state index >= 15 is 0 Å². The van der Waals surface area contributed by atoms with Gasteiger partial charge in [0.1, 0.15) is 0 Å². The van der Waals surface area contributed by atoms with Gasteiger partial charge in [-0.3, -0.25) is 14.9 Å². The van der Waals surface area contributed by atoms with Gasteiger partial charge in [0, 0.05) is 48.5 Å². The third-order valence-corrected chi connectivity index (χ3v) is 6.05. The summed E-state index contributed by atoms with van der Waals surface area (Å²) >= 11 is 0. The number of benzene rings is 1. The molecule has 7 nitrogen and oxygen atoms in total. The molecule has 1 N–H and O–H groups in total. The fourth-order valence-corrected chi connectivity index (χ4v) is 4.30. The van der Waals surface area contributed by atoms with E-state index in [1.54, 1.807) is 30.5 Å². The molecule has 1 fully saturated rings. The second-order valence-corrected chi connectivity index (χ2v) is 8.01. The van der Waals surface area contributed by atoms with Gasteiger partial charge < -0.3 is 9.47 Å². The number of hydrogen-bond donors (Lipinski definition) is 1. The highest BCUT2D eigenvalue weighted by molar-refractivity contribution is 5.94. The van der Waals surface area contributed by atoms with Crippen LogP contribution in [0.3, 0.4) is 0 Å². The molecule has 0 spiro atoms. The third-order valence-electron chi connectivity index (χ3n) is 6.05. The summed E-state index contributed by atoms with van der Waals surface area (Å²) in [6, 6.07) is 13.3. The number of nitrogens with zero attached hydrogens (tertiary/aromatic N) is 5. The molecule has 0 saturated carbocycles. The standard InChI is InChI=1S/C24H22N6O/c25-12-18-2-1-3-20(10-18)24(31)29-7-4-17(5-8-29)16-30-9-6-19-11-22(26-15-23(19)30)21-13-27-28-14-21/h1-3,6,9-11,13-15,17H,4-5,7-8,16H2,(H,27,28). The zero-order chi connectivity index (χ0) is 21.2. The van der Waals surface area contributed by atoms with E-state index in [0.29, 0.717) is 17.0 Å². The van der Waals surface area contributed by atoms with Crippen molar-refractivity contribution in [3.05, 3.63) is 72.3 Å². The first-order valence-electron chi connectivity index (χ1n) is 10.4. The van der Waals surface area contributed by atoms with Crippen molar-refractivity contribution in [3.63, 3.8) is 0 Å². The van der Waals surface area contributed by atoms with Crippen LogP contribution in [0.15, 0.2) is 61.2 Å². The van der Waals surface area contributed by atoms with Crippen molar-refractivity contribution < 1.29 is 4.79 Å². The van der Waals surface area contributed by atoms with Crippen LogP contribution in [0.5, 0.6) is 0 Å². The fraction of sp³-hybridized carbons (Fsp3) is 0.250. The lowest BCUT2D eigenvalue weighted by Crippen LogP contribution is -2.39. The highest BCUT2D eigenvalue weighted by Crippen LogP contribution is 2.26. The Morgan fingerprint density at radius 1 is 1.19 bits per heavy atom.